The normalized spacial score (nSPS) is 22.1. The van der Waals surface area contributed by atoms with Gasteiger partial charge in [-0.3, -0.25) is 4.79 Å². The van der Waals surface area contributed by atoms with Gasteiger partial charge in [0.1, 0.15) is 4.90 Å². The lowest BCUT2D eigenvalue weighted by atomic mass is 10.1. The summed E-state index contributed by atoms with van der Waals surface area (Å²) < 4.78 is 29.2. The highest BCUT2D eigenvalue weighted by Crippen LogP contribution is 2.24. The molecule has 2 saturated heterocycles. The zero-order valence-corrected chi connectivity index (χ0v) is 15.8. The van der Waals surface area contributed by atoms with Crippen molar-refractivity contribution >= 4 is 15.9 Å². The third-order valence-electron chi connectivity index (χ3n) is 5.14. The zero-order valence-electron chi connectivity index (χ0n) is 15.0. The van der Waals surface area contributed by atoms with Gasteiger partial charge in [0.05, 0.1) is 24.6 Å². The molecule has 0 radical (unpaired) electrons. The van der Waals surface area contributed by atoms with Crippen LogP contribution in [0.2, 0.25) is 0 Å². The Hall–Kier alpha value is -2.23. The maximum absolute atomic E-state index is 13.1. The van der Waals surface area contributed by atoms with Gasteiger partial charge in [-0.05, 0) is 25.0 Å². The fourth-order valence-corrected chi connectivity index (χ4v) is 5.16. The molecule has 1 aromatic heterocycles. The summed E-state index contributed by atoms with van der Waals surface area (Å²) in [5.74, 6) is 0.0439. The number of hydrogen-bond acceptors (Lipinski definition) is 5. The lowest BCUT2D eigenvalue weighted by Crippen LogP contribution is -2.57. The highest BCUT2D eigenvalue weighted by molar-refractivity contribution is 7.89. The number of piperidine rings is 1. The number of nitrogens with one attached hydrogen (secondary N) is 1. The number of para-hydroxylation sites is 1. The summed E-state index contributed by atoms with van der Waals surface area (Å²) in [5, 5.41) is 7.26. The minimum Gasteiger partial charge on any atom is -0.336 e. The monoisotopic (exact) mass is 389 g/mol. The van der Waals surface area contributed by atoms with Crippen molar-refractivity contribution in [3.05, 3.63) is 42.7 Å². The Balaban J connectivity index is 1.53. The van der Waals surface area contributed by atoms with Gasteiger partial charge in [0.2, 0.25) is 15.9 Å². The van der Waals surface area contributed by atoms with E-state index in [2.05, 4.69) is 10.4 Å². The van der Waals surface area contributed by atoms with Crippen molar-refractivity contribution < 1.29 is 13.2 Å². The van der Waals surface area contributed by atoms with Crippen LogP contribution in [0.5, 0.6) is 0 Å². The predicted octanol–water partition coefficient (Wildman–Crippen LogP) is 0.457. The molecular weight excluding hydrogens is 366 g/mol. The quantitative estimate of drug-likeness (QED) is 0.821. The van der Waals surface area contributed by atoms with E-state index >= 15 is 0 Å². The minimum absolute atomic E-state index is 0.0439. The van der Waals surface area contributed by atoms with Gasteiger partial charge in [0.25, 0.3) is 0 Å². The van der Waals surface area contributed by atoms with Crippen LogP contribution in [0, 0.1) is 0 Å². The second-order valence-corrected chi connectivity index (χ2v) is 8.82. The second kappa shape index (κ2) is 7.41. The highest BCUT2D eigenvalue weighted by atomic mass is 32.2. The van der Waals surface area contributed by atoms with Crippen molar-refractivity contribution in [2.45, 2.75) is 23.8 Å². The summed E-state index contributed by atoms with van der Waals surface area (Å²) in [6.45, 7) is 2.51. The molecule has 1 unspecified atom stereocenters. The summed E-state index contributed by atoms with van der Waals surface area (Å²) in [4.78, 5) is 14.2. The van der Waals surface area contributed by atoms with Crippen LogP contribution in [0.4, 0.5) is 0 Å². The topological polar surface area (TPSA) is 87.5 Å². The first kappa shape index (κ1) is 18.1. The Morgan fingerprint density at radius 2 is 1.96 bits per heavy atom. The first-order valence-corrected chi connectivity index (χ1v) is 10.6. The Kier molecular flexibility index (Phi) is 4.98. The minimum atomic E-state index is -3.64. The lowest BCUT2D eigenvalue weighted by molar-refractivity contribution is -0.135. The summed E-state index contributed by atoms with van der Waals surface area (Å²) in [6, 6.07) is 9.34. The Bertz CT molecular complexity index is 912. The molecule has 27 heavy (non-hydrogen) atoms. The van der Waals surface area contributed by atoms with Gasteiger partial charge in [-0.2, -0.15) is 9.40 Å². The molecule has 1 amide bonds. The molecule has 8 nitrogen and oxygen atoms in total. The third kappa shape index (κ3) is 3.62. The number of aromatic nitrogens is 2. The molecule has 0 saturated carbocycles. The second-order valence-electron chi connectivity index (χ2n) is 6.88. The van der Waals surface area contributed by atoms with Crippen LogP contribution in [0.1, 0.15) is 12.8 Å². The average molecular weight is 389 g/mol. The molecule has 0 spiro atoms. The van der Waals surface area contributed by atoms with E-state index in [0.717, 1.165) is 25.1 Å². The Labute approximate surface area is 158 Å². The number of benzene rings is 1. The van der Waals surface area contributed by atoms with Gasteiger partial charge in [0, 0.05) is 32.2 Å². The molecule has 144 valence electrons. The zero-order chi connectivity index (χ0) is 18.9. The average Bonchev–Trinajstić information content (AvgIpc) is 3.20. The number of amides is 1. The Morgan fingerprint density at radius 1 is 1.15 bits per heavy atom. The molecule has 4 rings (SSSR count). The molecule has 2 aromatic rings. The molecule has 2 aliphatic rings. The van der Waals surface area contributed by atoms with Crippen molar-refractivity contribution in [1.29, 1.82) is 0 Å². The number of nitrogens with zero attached hydrogens (tertiary/aromatic N) is 4. The fourth-order valence-electron chi connectivity index (χ4n) is 3.71. The molecule has 0 aliphatic carbocycles. The van der Waals surface area contributed by atoms with Gasteiger partial charge in [-0.25, -0.2) is 13.1 Å². The smallest absolute Gasteiger partial charge is 0.246 e. The van der Waals surface area contributed by atoms with Gasteiger partial charge in [-0.15, -0.1) is 0 Å². The van der Waals surface area contributed by atoms with Crippen LogP contribution in [0.3, 0.4) is 0 Å². The van der Waals surface area contributed by atoms with Crippen LogP contribution in [0.25, 0.3) is 5.69 Å². The standard InChI is InChI=1S/C18H23N5O3S/c24-18-12-19-8-10-22(18)16-7-4-9-21(13-16)27(25,26)17-11-20-23(14-17)15-5-2-1-3-6-15/h1-3,5-6,11,14,16,19H,4,7-10,12-13H2. The van der Waals surface area contributed by atoms with E-state index in [1.807, 2.05) is 35.2 Å². The van der Waals surface area contributed by atoms with Gasteiger partial charge >= 0.3 is 0 Å². The van der Waals surface area contributed by atoms with Crippen LogP contribution in [-0.2, 0) is 14.8 Å². The number of hydrogen-bond donors (Lipinski definition) is 1. The SMILES string of the molecule is O=C1CNCCN1C1CCCN(S(=O)(=O)c2cnn(-c3ccccc3)c2)C1. The molecular formula is C18H23N5O3S. The number of rotatable bonds is 4. The van der Waals surface area contributed by atoms with E-state index in [1.165, 1.54) is 10.5 Å². The maximum atomic E-state index is 13.1. The molecule has 0 bridgehead atoms. The summed E-state index contributed by atoms with van der Waals surface area (Å²) >= 11 is 0. The number of carbonyl (C=O) groups excluding carboxylic acids is 1. The van der Waals surface area contributed by atoms with Crippen molar-refractivity contribution in [3.63, 3.8) is 0 Å². The first-order chi connectivity index (χ1) is 13.1. The molecule has 9 heteroatoms. The largest absolute Gasteiger partial charge is 0.336 e. The van der Waals surface area contributed by atoms with Crippen LogP contribution >= 0.6 is 0 Å². The van der Waals surface area contributed by atoms with Crippen molar-refractivity contribution in [1.82, 2.24) is 24.3 Å². The van der Waals surface area contributed by atoms with Gasteiger partial charge in [0.15, 0.2) is 0 Å². The predicted molar refractivity (Wildman–Crippen MR) is 99.9 cm³/mol. The number of sulfonamides is 1. The summed E-state index contributed by atoms with van der Waals surface area (Å²) in [7, 11) is -3.64. The van der Waals surface area contributed by atoms with Gasteiger partial charge in [-0.1, -0.05) is 18.2 Å². The summed E-state index contributed by atoms with van der Waals surface area (Å²) in [5.41, 5.74) is 0.807. The highest BCUT2D eigenvalue weighted by Gasteiger charge is 2.35. The number of piperazine rings is 1. The van der Waals surface area contributed by atoms with Gasteiger partial charge < -0.3 is 10.2 Å². The van der Waals surface area contributed by atoms with Crippen molar-refractivity contribution in [3.8, 4) is 5.69 Å². The van der Waals surface area contributed by atoms with Crippen LogP contribution in [-0.4, -0.2) is 72.1 Å². The van der Waals surface area contributed by atoms with Crippen molar-refractivity contribution in [2.75, 3.05) is 32.7 Å². The number of carbonyl (C=O) groups is 1. The first-order valence-electron chi connectivity index (χ1n) is 9.16. The summed E-state index contributed by atoms with van der Waals surface area (Å²) in [6.07, 6.45) is 4.52. The molecule has 1 atom stereocenters. The fraction of sp³-hybridized carbons (Fsp3) is 0.444. The van der Waals surface area contributed by atoms with Crippen molar-refractivity contribution in [2.24, 2.45) is 0 Å². The third-order valence-corrected chi connectivity index (χ3v) is 6.96. The molecule has 2 fully saturated rings. The van der Waals surface area contributed by atoms with Crippen LogP contribution in [0.15, 0.2) is 47.6 Å². The van der Waals surface area contributed by atoms with Crippen LogP contribution < -0.4 is 5.32 Å². The van der Waals surface area contributed by atoms with E-state index < -0.39 is 10.0 Å². The van der Waals surface area contributed by atoms with E-state index in [9.17, 15) is 13.2 Å². The van der Waals surface area contributed by atoms with E-state index in [4.69, 9.17) is 0 Å². The van der Waals surface area contributed by atoms with E-state index in [0.29, 0.717) is 26.2 Å². The maximum Gasteiger partial charge on any atom is 0.246 e. The molecule has 2 aliphatic heterocycles. The Morgan fingerprint density at radius 3 is 2.74 bits per heavy atom. The lowest BCUT2D eigenvalue weighted by Gasteiger charge is -2.40. The molecule has 1 N–H and O–H groups in total. The van der Waals surface area contributed by atoms with E-state index in [1.54, 1.807) is 10.9 Å². The molecule has 1 aromatic carbocycles. The molecule has 3 heterocycles. The van der Waals surface area contributed by atoms with E-state index in [-0.39, 0.29) is 16.8 Å².